The highest BCUT2D eigenvalue weighted by molar-refractivity contribution is 9.09. The van der Waals surface area contributed by atoms with Crippen LogP contribution in [-0.4, -0.2) is 30.4 Å². The number of ether oxygens (including phenoxy) is 1. The van der Waals surface area contributed by atoms with Crippen LogP contribution in [0.15, 0.2) is 18.2 Å². The SMILES string of the molecule is COc1cc(NCC2CC3CC(Br)CCC3NC2=O)ccc1C#N. The van der Waals surface area contributed by atoms with Crippen LogP contribution in [0.1, 0.15) is 31.2 Å². The highest BCUT2D eigenvalue weighted by Crippen LogP contribution is 2.36. The van der Waals surface area contributed by atoms with Gasteiger partial charge in [0.2, 0.25) is 5.91 Å². The van der Waals surface area contributed by atoms with Gasteiger partial charge in [-0.1, -0.05) is 15.9 Å². The van der Waals surface area contributed by atoms with Crippen molar-refractivity contribution < 1.29 is 9.53 Å². The van der Waals surface area contributed by atoms with Gasteiger partial charge in [0.05, 0.1) is 18.6 Å². The molecular weight excluding hydrogens is 370 g/mol. The number of nitriles is 1. The molecule has 0 aromatic heterocycles. The predicted octanol–water partition coefficient (Wildman–Crippen LogP) is 3.05. The normalized spacial score (nSPS) is 29.1. The third kappa shape index (κ3) is 3.67. The number of nitrogens with zero attached hydrogens (tertiary/aromatic N) is 1. The second-order valence-electron chi connectivity index (χ2n) is 6.63. The number of alkyl halides is 1. The Labute approximate surface area is 150 Å². The zero-order valence-electron chi connectivity index (χ0n) is 13.7. The van der Waals surface area contributed by atoms with Gasteiger partial charge in [-0.15, -0.1) is 0 Å². The zero-order valence-corrected chi connectivity index (χ0v) is 15.3. The molecule has 1 aliphatic carbocycles. The number of nitrogens with one attached hydrogen (secondary N) is 2. The molecule has 0 bridgehead atoms. The summed E-state index contributed by atoms with van der Waals surface area (Å²) in [6, 6.07) is 7.83. The summed E-state index contributed by atoms with van der Waals surface area (Å²) in [6.45, 7) is 0.594. The molecule has 24 heavy (non-hydrogen) atoms. The molecule has 2 fully saturated rings. The average molecular weight is 392 g/mol. The summed E-state index contributed by atoms with van der Waals surface area (Å²) in [6.07, 6.45) is 4.26. The summed E-state index contributed by atoms with van der Waals surface area (Å²) in [5.74, 6) is 1.23. The van der Waals surface area contributed by atoms with Crippen molar-refractivity contribution in [3.8, 4) is 11.8 Å². The quantitative estimate of drug-likeness (QED) is 0.773. The van der Waals surface area contributed by atoms with Crippen molar-refractivity contribution in [3.63, 3.8) is 0 Å². The molecule has 1 aromatic rings. The van der Waals surface area contributed by atoms with E-state index in [-0.39, 0.29) is 11.8 Å². The third-order valence-electron chi connectivity index (χ3n) is 5.08. The van der Waals surface area contributed by atoms with Gasteiger partial charge < -0.3 is 15.4 Å². The van der Waals surface area contributed by atoms with Gasteiger partial charge in [-0.2, -0.15) is 5.26 Å². The van der Waals surface area contributed by atoms with E-state index in [0.29, 0.717) is 34.6 Å². The van der Waals surface area contributed by atoms with Gasteiger partial charge in [-0.3, -0.25) is 4.79 Å². The van der Waals surface area contributed by atoms with E-state index in [4.69, 9.17) is 10.00 Å². The maximum absolute atomic E-state index is 12.3. The van der Waals surface area contributed by atoms with Gasteiger partial charge in [0, 0.05) is 29.2 Å². The number of rotatable bonds is 4. The molecule has 1 aromatic carbocycles. The summed E-state index contributed by atoms with van der Waals surface area (Å²) in [4.78, 5) is 12.9. The molecule has 2 aliphatic rings. The molecule has 0 radical (unpaired) electrons. The summed E-state index contributed by atoms with van der Waals surface area (Å²) >= 11 is 3.72. The Hall–Kier alpha value is -1.74. The fourth-order valence-electron chi connectivity index (χ4n) is 3.74. The Morgan fingerprint density at radius 1 is 1.42 bits per heavy atom. The highest BCUT2D eigenvalue weighted by Gasteiger charge is 2.38. The van der Waals surface area contributed by atoms with E-state index in [1.54, 1.807) is 19.2 Å². The molecule has 0 spiro atoms. The molecule has 1 saturated carbocycles. The Morgan fingerprint density at radius 2 is 2.25 bits per heavy atom. The number of amides is 1. The van der Waals surface area contributed by atoms with Gasteiger partial charge in [-0.25, -0.2) is 0 Å². The third-order valence-corrected chi connectivity index (χ3v) is 5.91. The Bertz CT molecular complexity index is 658. The number of halogens is 1. The lowest BCUT2D eigenvalue weighted by molar-refractivity contribution is -0.129. The Morgan fingerprint density at radius 3 is 3.00 bits per heavy atom. The highest BCUT2D eigenvalue weighted by atomic mass is 79.9. The van der Waals surface area contributed by atoms with E-state index in [9.17, 15) is 4.79 Å². The Kier molecular flexibility index (Phi) is 5.30. The molecular formula is C18H22BrN3O2. The molecule has 2 N–H and O–H groups in total. The van der Waals surface area contributed by atoms with Crippen molar-refractivity contribution in [1.29, 1.82) is 5.26 Å². The van der Waals surface area contributed by atoms with Crippen LogP contribution in [0.2, 0.25) is 0 Å². The lowest BCUT2D eigenvalue weighted by Crippen LogP contribution is -2.53. The van der Waals surface area contributed by atoms with Crippen LogP contribution in [0, 0.1) is 23.2 Å². The number of piperidine rings is 1. The number of carbonyl (C=O) groups is 1. The van der Waals surface area contributed by atoms with Gasteiger partial charge in [-0.05, 0) is 43.7 Å². The van der Waals surface area contributed by atoms with Crippen LogP contribution in [0.25, 0.3) is 0 Å². The topological polar surface area (TPSA) is 74.2 Å². The first-order valence-electron chi connectivity index (χ1n) is 8.37. The van der Waals surface area contributed by atoms with E-state index in [1.807, 2.05) is 6.07 Å². The van der Waals surface area contributed by atoms with E-state index in [2.05, 4.69) is 32.6 Å². The number of benzene rings is 1. The first-order chi connectivity index (χ1) is 11.6. The molecule has 5 nitrogen and oxygen atoms in total. The number of hydrogen-bond acceptors (Lipinski definition) is 4. The number of anilines is 1. The van der Waals surface area contributed by atoms with E-state index < -0.39 is 0 Å². The largest absolute Gasteiger partial charge is 0.495 e. The van der Waals surface area contributed by atoms with Crippen molar-refractivity contribution in [3.05, 3.63) is 23.8 Å². The molecule has 1 amide bonds. The molecule has 4 atom stereocenters. The van der Waals surface area contributed by atoms with E-state index in [1.165, 1.54) is 0 Å². The van der Waals surface area contributed by atoms with Crippen molar-refractivity contribution >= 4 is 27.5 Å². The minimum Gasteiger partial charge on any atom is -0.495 e. The van der Waals surface area contributed by atoms with Crippen LogP contribution in [-0.2, 0) is 4.79 Å². The molecule has 1 aliphatic heterocycles. The van der Waals surface area contributed by atoms with Crippen molar-refractivity contribution in [2.75, 3.05) is 19.0 Å². The molecule has 3 rings (SSSR count). The smallest absolute Gasteiger partial charge is 0.225 e. The lowest BCUT2D eigenvalue weighted by Gasteiger charge is -2.41. The second-order valence-corrected chi connectivity index (χ2v) is 7.92. The van der Waals surface area contributed by atoms with E-state index >= 15 is 0 Å². The first kappa shape index (κ1) is 17.1. The summed E-state index contributed by atoms with van der Waals surface area (Å²) in [5, 5.41) is 15.5. The van der Waals surface area contributed by atoms with Gasteiger partial charge >= 0.3 is 0 Å². The molecule has 6 heteroatoms. The van der Waals surface area contributed by atoms with Gasteiger partial charge in [0.1, 0.15) is 11.8 Å². The molecule has 128 valence electrons. The van der Waals surface area contributed by atoms with Crippen LogP contribution in [0.4, 0.5) is 5.69 Å². The number of hydrogen-bond donors (Lipinski definition) is 2. The van der Waals surface area contributed by atoms with Crippen molar-refractivity contribution in [1.82, 2.24) is 5.32 Å². The number of fused-ring (bicyclic) bond motifs is 1. The zero-order chi connectivity index (χ0) is 17.1. The summed E-state index contributed by atoms with van der Waals surface area (Å²) < 4.78 is 5.23. The molecule has 1 heterocycles. The fourth-order valence-corrected chi connectivity index (χ4v) is 4.49. The first-order valence-corrected chi connectivity index (χ1v) is 9.28. The minimum atomic E-state index is -0.0225. The van der Waals surface area contributed by atoms with Crippen LogP contribution >= 0.6 is 15.9 Å². The standard InChI is InChI=1S/C18H22BrN3O2/c1-24-17-8-15(4-2-11(17)9-20)21-10-13-6-12-7-14(19)3-5-16(12)22-18(13)23/h2,4,8,12-14,16,21H,3,5-7,10H2,1H3,(H,22,23). The monoisotopic (exact) mass is 391 g/mol. The van der Waals surface area contributed by atoms with Crippen LogP contribution in [0.5, 0.6) is 5.75 Å². The van der Waals surface area contributed by atoms with Crippen LogP contribution in [0.3, 0.4) is 0 Å². The second kappa shape index (κ2) is 7.43. The average Bonchev–Trinajstić information content (AvgIpc) is 2.60. The molecule has 4 unspecified atom stereocenters. The number of methoxy groups -OCH3 is 1. The summed E-state index contributed by atoms with van der Waals surface area (Å²) in [7, 11) is 1.55. The van der Waals surface area contributed by atoms with Crippen LogP contribution < -0.4 is 15.4 Å². The maximum Gasteiger partial charge on any atom is 0.225 e. The fraction of sp³-hybridized carbons (Fsp3) is 0.556. The number of carbonyl (C=O) groups excluding carboxylic acids is 1. The van der Waals surface area contributed by atoms with Gasteiger partial charge in [0.25, 0.3) is 0 Å². The maximum atomic E-state index is 12.3. The lowest BCUT2D eigenvalue weighted by atomic mass is 9.75. The molecule has 1 saturated heterocycles. The Balaban J connectivity index is 1.62. The van der Waals surface area contributed by atoms with Crippen molar-refractivity contribution in [2.24, 2.45) is 11.8 Å². The van der Waals surface area contributed by atoms with Gasteiger partial charge in [0.15, 0.2) is 0 Å². The van der Waals surface area contributed by atoms with Crippen molar-refractivity contribution in [2.45, 2.75) is 36.6 Å². The predicted molar refractivity (Wildman–Crippen MR) is 96.3 cm³/mol. The van der Waals surface area contributed by atoms with E-state index in [0.717, 1.165) is 31.4 Å². The summed E-state index contributed by atoms with van der Waals surface area (Å²) in [5.41, 5.74) is 1.37. The minimum absolute atomic E-state index is 0.0225.